The number of hydrogen-bond donors (Lipinski definition) is 3. The third-order valence-corrected chi connectivity index (χ3v) is 7.38. The zero-order valence-corrected chi connectivity index (χ0v) is 17.6. The normalized spacial score (nSPS) is 31.1. The molecule has 0 radical (unpaired) electrons. The lowest BCUT2D eigenvalue weighted by atomic mass is 9.54. The van der Waals surface area contributed by atoms with Gasteiger partial charge in [-0.2, -0.15) is 0 Å². The number of nitrogens with zero attached hydrogens (tertiary/aromatic N) is 1. The smallest absolute Gasteiger partial charge is 0.235 e. The minimum absolute atomic E-state index is 0.0158. The lowest BCUT2D eigenvalue weighted by molar-refractivity contribution is -0.175. The zero-order valence-electron chi connectivity index (χ0n) is 17.6. The molecule has 0 spiro atoms. The van der Waals surface area contributed by atoms with Crippen LogP contribution in [0.25, 0.3) is 0 Å². The van der Waals surface area contributed by atoms with E-state index in [1.165, 1.54) is 0 Å². The molecule has 33 heavy (non-hydrogen) atoms. The SMILES string of the molecule is NC(=O)C1C(=O)CC2CC3Cc4ccc(Cn5cccc5)c(O)c4C(=O)C3C(=O)[C@]2(O)C1=O. The lowest BCUT2D eigenvalue weighted by Crippen LogP contribution is -2.68. The molecule has 3 aliphatic carbocycles. The third-order valence-electron chi connectivity index (χ3n) is 7.38. The van der Waals surface area contributed by atoms with Gasteiger partial charge in [-0.1, -0.05) is 12.1 Å². The van der Waals surface area contributed by atoms with Gasteiger partial charge in [0.25, 0.3) is 0 Å². The largest absolute Gasteiger partial charge is 0.507 e. The molecule has 1 aromatic carbocycles. The van der Waals surface area contributed by atoms with Crippen LogP contribution in [-0.2, 0) is 32.1 Å². The predicted molar refractivity (Wildman–Crippen MR) is 112 cm³/mol. The number of phenolic OH excluding ortho intramolecular Hbond substituents is 1. The molecule has 2 fully saturated rings. The van der Waals surface area contributed by atoms with E-state index in [9.17, 15) is 34.2 Å². The van der Waals surface area contributed by atoms with Gasteiger partial charge in [-0.3, -0.25) is 24.0 Å². The second-order valence-electron chi connectivity index (χ2n) is 9.20. The minimum Gasteiger partial charge on any atom is -0.507 e. The van der Waals surface area contributed by atoms with E-state index in [0.29, 0.717) is 17.7 Å². The van der Waals surface area contributed by atoms with Crippen molar-refractivity contribution < 1.29 is 34.2 Å². The Balaban J connectivity index is 1.54. The first-order chi connectivity index (χ1) is 15.6. The van der Waals surface area contributed by atoms with E-state index in [0.717, 1.165) is 0 Å². The zero-order chi connectivity index (χ0) is 23.7. The Hall–Kier alpha value is -3.59. The number of nitrogens with two attached hydrogens (primary N) is 1. The first kappa shape index (κ1) is 21.3. The number of carbonyl (C=O) groups excluding carboxylic acids is 5. The van der Waals surface area contributed by atoms with E-state index in [-0.39, 0.29) is 30.6 Å². The number of fused-ring (bicyclic) bond motifs is 3. The molecule has 0 aliphatic heterocycles. The van der Waals surface area contributed by atoms with Crippen molar-refractivity contribution in [1.29, 1.82) is 0 Å². The van der Waals surface area contributed by atoms with Crippen LogP contribution in [0.3, 0.4) is 0 Å². The van der Waals surface area contributed by atoms with Crippen molar-refractivity contribution >= 4 is 29.0 Å². The van der Waals surface area contributed by atoms with Crippen LogP contribution in [0.4, 0.5) is 0 Å². The van der Waals surface area contributed by atoms with Gasteiger partial charge in [0, 0.05) is 30.3 Å². The van der Waals surface area contributed by atoms with Crippen LogP contribution in [0.1, 0.15) is 34.3 Å². The van der Waals surface area contributed by atoms with Gasteiger partial charge in [-0.25, -0.2) is 0 Å². The van der Waals surface area contributed by atoms with Gasteiger partial charge in [0.15, 0.2) is 34.7 Å². The molecule has 4 N–H and O–H groups in total. The molecule has 1 heterocycles. The number of aromatic nitrogens is 1. The Morgan fingerprint density at radius 3 is 2.45 bits per heavy atom. The molecule has 2 saturated carbocycles. The lowest BCUT2D eigenvalue weighted by Gasteiger charge is -2.48. The van der Waals surface area contributed by atoms with Gasteiger partial charge in [0.05, 0.1) is 18.0 Å². The number of benzene rings is 1. The van der Waals surface area contributed by atoms with Crippen LogP contribution in [0.5, 0.6) is 5.75 Å². The molecule has 9 heteroatoms. The fraction of sp³-hybridized carbons (Fsp3) is 0.375. The molecule has 0 bridgehead atoms. The molecule has 9 nitrogen and oxygen atoms in total. The topological polar surface area (TPSA) is 157 Å². The summed E-state index contributed by atoms with van der Waals surface area (Å²) in [5, 5.41) is 22.1. The van der Waals surface area contributed by atoms with Crippen molar-refractivity contribution in [3.63, 3.8) is 0 Å². The van der Waals surface area contributed by atoms with E-state index in [4.69, 9.17) is 5.73 Å². The van der Waals surface area contributed by atoms with E-state index >= 15 is 0 Å². The van der Waals surface area contributed by atoms with Crippen LogP contribution in [-0.4, -0.2) is 49.4 Å². The van der Waals surface area contributed by atoms with Crippen LogP contribution in [0.2, 0.25) is 0 Å². The molecule has 5 atom stereocenters. The minimum atomic E-state index is -2.62. The number of aliphatic hydroxyl groups is 1. The van der Waals surface area contributed by atoms with Crippen LogP contribution < -0.4 is 5.73 Å². The molecule has 170 valence electrons. The number of Topliss-reactive ketones (excluding diaryl/α,β-unsaturated/α-hetero) is 4. The number of carbonyl (C=O) groups is 5. The highest BCUT2D eigenvalue weighted by Crippen LogP contribution is 2.50. The third kappa shape index (κ3) is 2.92. The molecular weight excluding hydrogens is 428 g/mol. The van der Waals surface area contributed by atoms with Crippen LogP contribution >= 0.6 is 0 Å². The second kappa shape index (κ2) is 7.21. The Kier molecular flexibility index (Phi) is 4.65. The first-order valence-corrected chi connectivity index (χ1v) is 10.8. The van der Waals surface area contributed by atoms with Crippen LogP contribution in [0, 0.1) is 23.7 Å². The fourth-order valence-corrected chi connectivity index (χ4v) is 5.79. The summed E-state index contributed by atoms with van der Waals surface area (Å²) < 4.78 is 1.82. The molecule has 1 amide bonds. The van der Waals surface area contributed by atoms with Gasteiger partial charge in [-0.15, -0.1) is 0 Å². The van der Waals surface area contributed by atoms with Crippen molar-refractivity contribution in [3.8, 4) is 5.75 Å². The number of hydrogen-bond acceptors (Lipinski definition) is 7. The van der Waals surface area contributed by atoms with Gasteiger partial charge >= 0.3 is 0 Å². The highest BCUT2D eigenvalue weighted by atomic mass is 16.3. The number of ketones is 4. The van der Waals surface area contributed by atoms with Crippen LogP contribution in [0.15, 0.2) is 36.7 Å². The van der Waals surface area contributed by atoms with Gasteiger partial charge in [0.2, 0.25) is 5.91 Å². The van der Waals surface area contributed by atoms with Crippen molar-refractivity contribution in [2.75, 3.05) is 0 Å². The Morgan fingerprint density at radius 1 is 1.09 bits per heavy atom. The Labute approximate surface area is 188 Å². The van der Waals surface area contributed by atoms with E-state index in [1.54, 1.807) is 12.1 Å². The average Bonchev–Trinajstić information content (AvgIpc) is 3.25. The second-order valence-corrected chi connectivity index (χ2v) is 9.20. The monoisotopic (exact) mass is 450 g/mol. The van der Waals surface area contributed by atoms with E-state index in [1.807, 2.05) is 29.1 Å². The maximum Gasteiger partial charge on any atom is 0.235 e. The van der Waals surface area contributed by atoms with Gasteiger partial charge in [-0.05, 0) is 36.5 Å². The number of aromatic hydroxyl groups is 1. The summed E-state index contributed by atoms with van der Waals surface area (Å²) in [4.78, 5) is 63.8. The molecular formula is C24H22N2O7. The number of amides is 1. The summed E-state index contributed by atoms with van der Waals surface area (Å²) in [5.74, 6) is -9.89. The van der Waals surface area contributed by atoms with Crippen molar-refractivity contribution in [1.82, 2.24) is 4.57 Å². The molecule has 1 aromatic heterocycles. The van der Waals surface area contributed by atoms with E-state index < -0.39 is 58.3 Å². The molecule has 5 rings (SSSR count). The fourth-order valence-electron chi connectivity index (χ4n) is 5.79. The maximum atomic E-state index is 13.5. The summed E-state index contributed by atoms with van der Waals surface area (Å²) in [6, 6.07) is 7.13. The standard InChI is InChI=1S/C24H22N2O7/c25-23(32)18-15(27)9-14-8-13-7-11-3-4-12(10-26-5-1-2-6-26)19(28)16(11)20(29)17(13)21(30)24(14,33)22(18)31/h1-6,13-14,17-18,28,33H,7-10H2,(H2,25,32)/t13?,14?,17?,18?,24-/m0/s1. The first-order valence-electron chi connectivity index (χ1n) is 10.8. The van der Waals surface area contributed by atoms with Crippen molar-refractivity contribution in [3.05, 3.63) is 53.3 Å². The maximum absolute atomic E-state index is 13.5. The van der Waals surface area contributed by atoms with Gasteiger partial charge < -0.3 is 20.5 Å². The molecule has 4 unspecified atom stereocenters. The quantitative estimate of drug-likeness (QED) is 0.563. The predicted octanol–water partition coefficient (Wildman–Crippen LogP) is 0.177. The molecule has 0 saturated heterocycles. The highest BCUT2D eigenvalue weighted by molar-refractivity contribution is 6.31. The number of phenols is 1. The summed E-state index contributed by atoms with van der Waals surface area (Å²) in [5.41, 5.74) is 3.65. The number of rotatable bonds is 3. The summed E-state index contributed by atoms with van der Waals surface area (Å²) in [6.45, 7) is 0.314. The van der Waals surface area contributed by atoms with E-state index in [2.05, 4.69) is 0 Å². The summed E-state index contributed by atoms with van der Waals surface area (Å²) in [6.07, 6.45) is 3.65. The molecule has 3 aliphatic rings. The average molecular weight is 450 g/mol. The van der Waals surface area contributed by atoms with Crippen molar-refractivity contribution in [2.24, 2.45) is 29.4 Å². The Morgan fingerprint density at radius 2 is 1.79 bits per heavy atom. The highest BCUT2D eigenvalue weighted by Gasteiger charge is 2.66. The summed E-state index contributed by atoms with van der Waals surface area (Å²) >= 11 is 0. The molecule has 2 aromatic rings. The number of primary amides is 1. The van der Waals surface area contributed by atoms with Gasteiger partial charge in [0.1, 0.15) is 5.75 Å². The van der Waals surface area contributed by atoms with Crippen molar-refractivity contribution in [2.45, 2.75) is 31.4 Å². The summed E-state index contributed by atoms with van der Waals surface area (Å²) in [7, 11) is 0. The Bertz CT molecular complexity index is 1230.